The van der Waals surface area contributed by atoms with Crippen LogP contribution in [0.5, 0.6) is 5.75 Å². The van der Waals surface area contributed by atoms with Crippen molar-refractivity contribution in [2.45, 2.75) is 38.6 Å². The molecule has 1 aromatic carbocycles. The molecule has 2 unspecified atom stereocenters. The van der Waals surface area contributed by atoms with Crippen molar-refractivity contribution >= 4 is 17.8 Å². The van der Waals surface area contributed by atoms with Gasteiger partial charge in [-0.2, -0.15) is 0 Å². The lowest BCUT2D eigenvalue weighted by molar-refractivity contribution is -0.146. The molecule has 0 bridgehead atoms. The lowest BCUT2D eigenvalue weighted by Crippen LogP contribution is -2.46. The SMILES string of the molecule is COc1c(CC(CC(=O)O)C(C(=O)O)N2CCCC2)cc(F)c(C)c1C(=O)N(C)C. The molecule has 9 heteroatoms. The van der Waals surface area contributed by atoms with E-state index in [1.165, 1.54) is 39.1 Å². The number of methoxy groups -OCH3 is 1. The summed E-state index contributed by atoms with van der Waals surface area (Å²) in [5.74, 6) is -4.00. The van der Waals surface area contributed by atoms with E-state index in [1.807, 2.05) is 0 Å². The number of carboxylic acids is 2. The Morgan fingerprint density at radius 2 is 1.83 bits per heavy atom. The number of carbonyl (C=O) groups excluding carboxylic acids is 1. The van der Waals surface area contributed by atoms with Crippen LogP contribution in [0.4, 0.5) is 4.39 Å². The van der Waals surface area contributed by atoms with Crippen molar-refractivity contribution < 1.29 is 33.7 Å². The molecule has 2 rings (SSSR count). The van der Waals surface area contributed by atoms with Crippen molar-refractivity contribution in [3.05, 3.63) is 28.6 Å². The Hall–Kier alpha value is -2.68. The van der Waals surface area contributed by atoms with Crippen LogP contribution in [-0.4, -0.2) is 78.2 Å². The second-order valence-electron chi connectivity index (χ2n) is 7.84. The largest absolute Gasteiger partial charge is 0.496 e. The normalized spacial score (nSPS) is 16.2. The third-order valence-corrected chi connectivity index (χ3v) is 5.53. The Morgan fingerprint density at radius 1 is 1.23 bits per heavy atom. The van der Waals surface area contributed by atoms with E-state index in [-0.39, 0.29) is 28.9 Å². The zero-order chi connectivity index (χ0) is 22.6. The minimum absolute atomic E-state index is 0.0478. The molecule has 0 aliphatic carbocycles. The number of halogens is 1. The summed E-state index contributed by atoms with van der Waals surface area (Å²) in [5, 5.41) is 19.2. The van der Waals surface area contributed by atoms with Gasteiger partial charge in [0.15, 0.2) is 0 Å². The number of nitrogens with zero attached hydrogens (tertiary/aromatic N) is 2. The second-order valence-corrected chi connectivity index (χ2v) is 7.84. The first-order valence-corrected chi connectivity index (χ1v) is 9.84. The van der Waals surface area contributed by atoms with Gasteiger partial charge in [0, 0.05) is 19.7 Å². The maximum absolute atomic E-state index is 14.7. The molecule has 8 nitrogen and oxygen atoms in total. The number of rotatable bonds is 9. The van der Waals surface area contributed by atoms with Crippen molar-refractivity contribution in [2.75, 3.05) is 34.3 Å². The molecule has 1 heterocycles. The van der Waals surface area contributed by atoms with E-state index in [2.05, 4.69) is 0 Å². The molecule has 0 saturated carbocycles. The number of carbonyl (C=O) groups is 3. The van der Waals surface area contributed by atoms with Crippen LogP contribution in [0.2, 0.25) is 0 Å². The minimum Gasteiger partial charge on any atom is -0.496 e. The predicted molar refractivity (Wildman–Crippen MR) is 107 cm³/mol. The van der Waals surface area contributed by atoms with Gasteiger partial charge in [0.25, 0.3) is 5.91 Å². The van der Waals surface area contributed by atoms with Crippen LogP contribution < -0.4 is 4.74 Å². The van der Waals surface area contributed by atoms with Crippen LogP contribution in [0.3, 0.4) is 0 Å². The topological polar surface area (TPSA) is 107 Å². The van der Waals surface area contributed by atoms with Gasteiger partial charge in [0.1, 0.15) is 17.6 Å². The molecule has 1 amide bonds. The van der Waals surface area contributed by atoms with Crippen molar-refractivity contribution in [3.8, 4) is 5.75 Å². The first kappa shape index (κ1) is 23.6. The fraction of sp³-hybridized carbons (Fsp3) is 0.571. The van der Waals surface area contributed by atoms with Gasteiger partial charge in [-0.15, -0.1) is 0 Å². The summed E-state index contributed by atoms with van der Waals surface area (Å²) >= 11 is 0. The Bertz CT molecular complexity index is 820. The number of carboxylic acid groups (broad SMARTS) is 2. The molecular formula is C21H29FN2O6. The highest BCUT2D eigenvalue weighted by Gasteiger charge is 2.37. The summed E-state index contributed by atoms with van der Waals surface area (Å²) in [6.07, 6.45) is 1.23. The molecule has 1 aliphatic heterocycles. The van der Waals surface area contributed by atoms with E-state index in [9.17, 15) is 29.0 Å². The predicted octanol–water partition coefficient (Wildman–Crippen LogP) is 2.03. The van der Waals surface area contributed by atoms with Crippen molar-refractivity contribution in [3.63, 3.8) is 0 Å². The number of amides is 1. The molecule has 1 fully saturated rings. The highest BCUT2D eigenvalue weighted by molar-refractivity contribution is 5.98. The summed E-state index contributed by atoms with van der Waals surface area (Å²) in [5.41, 5.74) is 0.459. The average Bonchev–Trinajstić information content (AvgIpc) is 3.16. The number of hydrogen-bond acceptors (Lipinski definition) is 5. The van der Waals surface area contributed by atoms with Crippen LogP contribution in [0.15, 0.2) is 6.07 Å². The number of hydrogen-bond donors (Lipinski definition) is 2. The smallest absolute Gasteiger partial charge is 0.321 e. The van der Waals surface area contributed by atoms with Crippen LogP contribution in [0.1, 0.15) is 40.7 Å². The van der Waals surface area contributed by atoms with Crippen molar-refractivity contribution in [1.82, 2.24) is 9.80 Å². The van der Waals surface area contributed by atoms with E-state index >= 15 is 0 Å². The highest BCUT2D eigenvalue weighted by atomic mass is 19.1. The first-order chi connectivity index (χ1) is 14.1. The van der Waals surface area contributed by atoms with Crippen LogP contribution in [0.25, 0.3) is 0 Å². The van der Waals surface area contributed by atoms with Gasteiger partial charge < -0.3 is 19.8 Å². The molecular weight excluding hydrogens is 395 g/mol. The molecule has 1 saturated heterocycles. The molecule has 1 aliphatic rings. The van der Waals surface area contributed by atoms with E-state index in [1.54, 1.807) is 4.90 Å². The molecule has 0 aromatic heterocycles. The second kappa shape index (κ2) is 9.88. The van der Waals surface area contributed by atoms with Crippen LogP contribution >= 0.6 is 0 Å². The maximum Gasteiger partial charge on any atom is 0.321 e. The van der Waals surface area contributed by atoms with Gasteiger partial charge >= 0.3 is 11.9 Å². The average molecular weight is 424 g/mol. The van der Waals surface area contributed by atoms with E-state index in [0.29, 0.717) is 13.1 Å². The van der Waals surface area contributed by atoms with Crippen molar-refractivity contribution in [1.29, 1.82) is 0 Å². The maximum atomic E-state index is 14.7. The Morgan fingerprint density at radius 3 is 2.30 bits per heavy atom. The monoisotopic (exact) mass is 424 g/mol. The lowest BCUT2D eigenvalue weighted by atomic mass is 9.86. The number of likely N-dealkylation sites (tertiary alicyclic amines) is 1. The standard InChI is InChI=1S/C21H29FN2O6/c1-12-15(22)10-14(19(30-4)17(12)20(27)23(2)3)9-13(11-16(25)26)18(21(28)29)24-7-5-6-8-24/h10,13,18H,5-9,11H2,1-4H3,(H,25,26)(H,28,29). The van der Waals surface area contributed by atoms with E-state index in [4.69, 9.17) is 4.74 Å². The molecule has 2 N–H and O–H groups in total. The van der Waals surface area contributed by atoms with Crippen LogP contribution in [0, 0.1) is 18.7 Å². The molecule has 0 spiro atoms. The van der Waals surface area contributed by atoms with E-state index in [0.717, 1.165) is 12.8 Å². The lowest BCUT2D eigenvalue weighted by Gasteiger charge is -2.31. The third kappa shape index (κ3) is 5.08. The summed E-state index contributed by atoms with van der Waals surface area (Å²) < 4.78 is 20.1. The molecule has 166 valence electrons. The fourth-order valence-corrected chi connectivity index (χ4v) is 4.12. The number of ether oxygens (including phenoxy) is 1. The van der Waals surface area contributed by atoms with E-state index < -0.39 is 42.0 Å². The summed E-state index contributed by atoms with van der Waals surface area (Å²) in [6, 6.07) is 0.184. The summed E-state index contributed by atoms with van der Waals surface area (Å²) in [7, 11) is 4.42. The Balaban J connectivity index is 2.55. The van der Waals surface area contributed by atoms with Gasteiger partial charge in [-0.25, -0.2) is 4.39 Å². The zero-order valence-corrected chi connectivity index (χ0v) is 17.8. The molecule has 2 atom stereocenters. The minimum atomic E-state index is -1.14. The highest BCUT2D eigenvalue weighted by Crippen LogP contribution is 2.34. The molecule has 0 radical (unpaired) electrons. The first-order valence-electron chi connectivity index (χ1n) is 9.84. The Kier molecular flexibility index (Phi) is 7.77. The number of aliphatic carboxylic acids is 2. The van der Waals surface area contributed by atoms with Gasteiger partial charge in [0.05, 0.1) is 19.1 Å². The third-order valence-electron chi connectivity index (χ3n) is 5.53. The van der Waals surface area contributed by atoms with Gasteiger partial charge in [0.2, 0.25) is 0 Å². The van der Waals surface area contributed by atoms with Gasteiger partial charge in [-0.1, -0.05) is 0 Å². The summed E-state index contributed by atoms with van der Waals surface area (Å²) in [6.45, 7) is 2.60. The van der Waals surface area contributed by atoms with Gasteiger partial charge in [-0.05, 0) is 56.8 Å². The zero-order valence-electron chi connectivity index (χ0n) is 17.8. The van der Waals surface area contributed by atoms with Crippen LogP contribution in [-0.2, 0) is 16.0 Å². The number of benzene rings is 1. The fourth-order valence-electron chi connectivity index (χ4n) is 4.12. The molecule has 30 heavy (non-hydrogen) atoms. The van der Waals surface area contributed by atoms with Gasteiger partial charge in [-0.3, -0.25) is 19.3 Å². The summed E-state index contributed by atoms with van der Waals surface area (Å²) in [4.78, 5) is 39.3. The molecule has 1 aromatic rings. The van der Waals surface area contributed by atoms with Crippen molar-refractivity contribution in [2.24, 2.45) is 5.92 Å². The quantitative estimate of drug-likeness (QED) is 0.625. The Labute approximate surface area is 175 Å².